The van der Waals surface area contributed by atoms with Crippen molar-refractivity contribution in [1.82, 2.24) is 0 Å². The van der Waals surface area contributed by atoms with Gasteiger partial charge in [0.15, 0.2) is 0 Å². The molecule has 0 unspecified atom stereocenters. The van der Waals surface area contributed by atoms with Gasteiger partial charge >= 0.3 is 5.97 Å². The summed E-state index contributed by atoms with van der Waals surface area (Å²) >= 11 is 0. The molecule has 1 saturated carbocycles. The van der Waals surface area contributed by atoms with Crippen molar-refractivity contribution in [3.8, 4) is 11.5 Å². The predicted octanol–water partition coefficient (Wildman–Crippen LogP) is 2.44. The molecule has 0 bridgehead atoms. The number of hydrogen-bond acceptors (Lipinski definition) is 3. The fourth-order valence-electron chi connectivity index (χ4n) is 2.61. The van der Waals surface area contributed by atoms with Gasteiger partial charge in [0.25, 0.3) is 0 Å². The number of hydrogen-bond donors (Lipinski definition) is 1. The van der Waals surface area contributed by atoms with E-state index < -0.39 is 11.4 Å². The summed E-state index contributed by atoms with van der Waals surface area (Å²) in [6.45, 7) is 3.79. The van der Waals surface area contributed by atoms with Crippen molar-refractivity contribution in [2.75, 3.05) is 14.2 Å². The molecule has 1 N–H and O–H groups in total. The van der Waals surface area contributed by atoms with E-state index >= 15 is 0 Å². The van der Waals surface area contributed by atoms with Crippen molar-refractivity contribution in [2.45, 2.75) is 32.1 Å². The van der Waals surface area contributed by atoms with Crippen LogP contribution in [-0.2, 0) is 10.2 Å². The third-order valence-corrected chi connectivity index (χ3v) is 3.74. The van der Waals surface area contributed by atoms with Crippen molar-refractivity contribution in [3.05, 3.63) is 22.8 Å². The van der Waals surface area contributed by atoms with Crippen LogP contribution in [0.15, 0.2) is 6.07 Å². The smallest absolute Gasteiger partial charge is 0.314 e. The Morgan fingerprint density at radius 1 is 1.28 bits per heavy atom. The van der Waals surface area contributed by atoms with Crippen LogP contribution in [0, 0.1) is 13.8 Å². The van der Waals surface area contributed by atoms with Crippen molar-refractivity contribution >= 4 is 5.97 Å². The lowest BCUT2D eigenvalue weighted by Crippen LogP contribution is -2.22. The summed E-state index contributed by atoms with van der Waals surface area (Å²) < 4.78 is 10.7. The lowest BCUT2D eigenvalue weighted by molar-refractivity contribution is -0.140. The van der Waals surface area contributed by atoms with Crippen molar-refractivity contribution in [2.24, 2.45) is 0 Å². The van der Waals surface area contributed by atoms with Gasteiger partial charge in [0.1, 0.15) is 11.5 Å². The molecule has 1 aromatic carbocycles. The van der Waals surface area contributed by atoms with Gasteiger partial charge in [-0.1, -0.05) is 0 Å². The Balaban J connectivity index is 2.68. The molecule has 0 saturated heterocycles. The number of benzene rings is 1. The van der Waals surface area contributed by atoms with Crippen molar-refractivity contribution in [1.29, 1.82) is 0 Å². The monoisotopic (exact) mass is 250 g/mol. The molecule has 18 heavy (non-hydrogen) atoms. The Bertz CT molecular complexity index is 501. The quantitative estimate of drug-likeness (QED) is 0.891. The first kappa shape index (κ1) is 12.7. The van der Waals surface area contributed by atoms with Crippen LogP contribution in [0.2, 0.25) is 0 Å². The highest BCUT2D eigenvalue weighted by Crippen LogP contribution is 2.54. The average Bonchev–Trinajstić information content (AvgIpc) is 3.12. The molecule has 0 aliphatic heterocycles. The number of ether oxygens (including phenoxy) is 2. The number of rotatable bonds is 4. The van der Waals surface area contributed by atoms with E-state index in [9.17, 15) is 9.90 Å². The standard InChI is InChI=1S/C14H18O4/c1-8-7-10(17-3)9(2)12(18-4)11(8)14(5-6-14)13(15)16/h7H,5-6H2,1-4H3,(H,15,16). The van der Waals surface area contributed by atoms with Crippen LogP contribution in [0.4, 0.5) is 0 Å². The average molecular weight is 250 g/mol. The molecule has 4 heteroatoms. The lowest BCUT2D eigenvalue weighted by Gasteiger charge is -2.21. The zero-order valence-electron chi connectivity index (χ0n) is 11.2. The van der Waals surface area contributed by atoms with Crippen LogP contribution in [-0.4, -0.2) is 25.3 Å². The van der Waals surface area contributed by atoms with Crippen LogP contribution in [0.1, 0.15) is 29.5 Å². The topological polar surface area (TPSA) is 55.8 Å². The van der Waals surface area contributed by atoms with E-state index in [1.165, 1.54) is 0 Å². The minimum absolute atomic E-state index is 0.645. The van der Waals surface area contributed by atoms with E-state index in [2.05, 4.69) is 0 Å². The molecule has 2 rings (SSSR count). The van der Waals surface area contributed by atoms with Crippen molar-refractivity contribution in [3.63, 3.8) is 0 Å². The normalized spacial score (nSPS) is 16.2. The SMILES string of the molecule is COc1cc(C)c(C2(C(=O)O)CC2)c(OC)c1C. The van der Waals surface area contributed by atoms with Gasteiger partial charge in [-0.15, -0.1) is 0 Å². The third-order valence-electron chi connectivity index (χ3n) is 3.74. The van der Waals surface area contributed by atoms with Crippen molar-refractivity contribution < 1.29 is 19.4 Å². The first-order valence-electron chi connectivity index (χ1n) is 5.94. The molecule has 98 valence electrons. The summed E-state index contributed by atoms with van der Waals surface area (Å²) in [5.74, 6) is 0.606. The second-order valence-electron chi connectivity index (χ2n) is 4.82. The van der Waals surface area contributed by atoms with Gasteiger partial charge in [-0.3, -0.25) is 4.79 Å². The first-order chi connectivity index (χ1) is 8.47. The molecule has 0 atom stereocenters. The van der Waals surface area contributed by atoms with Crippen LogP contribution >= 0.6 is 0 Å². The summed E-state index contributed by atoms with van der Waals surface area (Å²) in [7, 11) is 3.17. The van der Waals surface area contributed by atoms with Crippen LogP contribution in [0.5, 0.6) is 11.5 Å². The highest BCUT2D eigenvalue weighted by Gasteiger charge is 2.54. The number of carboxylic acids is 1. The van der Waals surface area contributed by atoms with E-state index in [4.69, 9.17) is 9.47 Å². The van der Waals surface area contributed by atoms with Gasteiger partial charge in [0.05, 0.1) is 19.6 Å². The first-order valence-corrected chi connectivity index (χ1v) is 5.94. The number of carboxylic acid groups (broad SMARTS) is 1. The fourth-order valence-corrected chi connectivity index (χ4v) is 2.61. The Labute approximate surface area is 107 Å². The maximum Gasteiger partial charge on any atom is 0.314 e. The molecule has 1 aliphatic carbocycles. The van der Waals surface area contributed by atoms with Crippen LogP contribution in [0.25, 0.3) is 0 Å². The van der Waals surface area contributed by atoms with Gasteiger partial charge in [0, 0.05) is 11.1 Å². The zero-order chi connectivity index (χ0) is 13.5. The summed E-state index contributed by atoms with van der Waals surface area (Å²) in [4.78, 5) is 11.5. The Morgan fingerprint density at radius 2 is 1.89 bits per heavy atom. The minimum Gasteiger partial charge on any atom is -0.496 e. The second-order valence-corrected chi connectivity index (χ2v) is 4.82. The van der Waals surface area contributed by atoms with Crippen LogP contribution < -0.4 is 9.47 Å². The van der Waals surface area contributed by atoms with Crippen LogP contribution in [0.3, 0.4) is 0 Å². The summed E-state index contributed by atoms with van der Waals surface area (Å²) in [6.07, 6.45) is 1.34. The molecule has 0 spiro atoms. The van der Waals surface area contributed by atoms with Gasteiger partial charge in [0.2, 0.25) is 0 Å². The molecule has 1 aromatic rings. The van der Waals surface area contributed by atoms with E-state index in [1.807, 2.05) is 19.9 Å². The molecule has 0 aromatic heterocycles. The molecule has 0 radical (unpaired) electrons. The largest absolute Gasteiger partial charge is 0.496 e. The third kappa shape index (κ3) is 1.64. The zero-order valence-corrected chi connectivity index (χ0v) is 11.2. The minimum atomic E-state index is -0.770. The molecular formula is C14H18O4. The van der Waals surface area contributed by atoms with Gasteiger partial charge in [-0.2, -0.15) is 0 Å². The number of aliphatic carboxylic acids is 1. The summed E-state index contributed by atoms with van der Waals surface area (Å²) in [5, 5.41) is 9.43. The maximum atomic E-state index is 11.5. The maximum absolute atomic E-state index is 11.5. The highest BCUT2D eigenvalue weighted by molar-refractivity contribution is 5.87. The Hall–Kier alpha value is -1.71. The number of carbonyl (C=O) groups is 1. The Morgan fingerprint density at radius 3 is 2.28 bits per heavy atom. The molecule has 4 nitrogen and oxygen atoms in total. The Kier molecular flexibility index (Phi) is 2.97. The summed E-state index contributed by atoms with van der Waals surface area (Å²) in [5.41, 5.74) is 1.81. The van der Waals surface area contributed by atoms with Gasteiger partial charge in [-0.25, -0.2) is 0 Å². The molecule has 1 aliphatic rings. The molecule has 0 heterocycles. The highest BCUT2D eigenvalue weighted by atomic mass is 16.5. The molecule has 1 fully saturated rings. The van der Waals surface area contributed by atoms with E-state index in [1.54, 1.807) is 14.2 Å². The van der Waals surface area contributed by atoms with Gasteiger partial charge in [-0.05, 0) is 38.3 Å². The second kappa shape index (κ2) is 4.19. The molecular weight excluding hydrogens is 232 g/mol. The van der Waals surface area contributed by atoms with E-state index in [0.717, 1.165) is 22.4 Å². The van der Waals surface area contributed by atoms with Gasteiger partial charge < -0.3 is 14.6 Å². The number of methoxy groups -OCH3 is 2. The number of aryl methyl sites for hydroxylation is 1. The van der Waals surface area contributed by atoms with E-state index in [-0.39, 0.29) is 0 Å². The molecule has 0 amide bonds. The summed E-state index contributed by atoms with van der Waals surface area (Å²) in [6, 6.07) is 1.89. The predicted molar refractivity (Wildman–Crippen MR) is 67.6 cm³/mol. The lowest BCUT2D eigenvalue weighted by atomic mass is 9.89. The van der Waals surface area contributed by atoms with E-state index in [0.29, 0.717) is 18.6 Å². The fraction of sp³-hybridized carbons (Fsp3) is 0.500.